The SMILES string of the molecule is CC(C)(C)OC(=O)N1CC[C@@H](Cc2ccc(Cl)nn2)C1.CC(C)(C)OC(=O)N1CC[C@@H](N)C1.Clc1ccc(Cl)nn1. The van der Waals surface area contributed by atoms with E-state index in [1.54, 1.807) is 28.0 Å². The van der Waals surface area contributed by atoms with Gasteiger partial charge in [0.2, 0.25) is 0 Å². The first-order valence-electron chi connectivity index (χ1n) is 13.3. The fourth-order valence-electron chi connectivity index (χ4n) is 3.82. The normalized spacial score (nSPS) is 18.6. The fourth-order valence-corrected chi connectivity index (χ4v) is 4.12. The maximum Gasteiger partial charge on any atom is 0.410 e. The molecule has 2 fully saturated rings. The fraction of sp³-hybridized carbons (Fsp3) is 0.630. The topological polar surface area (TPSA) is 137 Å². The van der Waals surface area contributed by atoms with Crippen LogP contribution in [0.15, 0.2) is 24.3 Å². The zero-order valence-electron chi connectivity index (χ0n) is 24.4. The summed E-state index contributed by atoms with van der Waals surface area (Å²) in [5, 5.41) is 15.9. The summed E-state index contributed by atoms with van der Waals surface area (Å²) >= 11 is 16.5. The van der Waals surface area contributed by atoms with E-state index in [1.165, 1.54) is 0 Å². The highest BCUT2D eigenvalue weighted by molar-refractivity contribution is 6.31. The van der Waals surface area contributed by atoms with Gasteiger partial charge in [-0.3, -0.25) is 0 Å². The van der Waals surface area contributed by atoms with Crippen molar-refractivity contribution in [1.29, 1.82) is 0 Å². The minimum atomic E-state index is -0.448. The molecule has 0 radical (unpaired) electrons. The Morgan fingerprint density at radius 2 is 1.22 bits per heavy atom. The van der Waals surface area contributed by atoms with E-state index >= 15 is 0 Å². The summed E-state index contributed by atoms with van der Waals surface area (Å²) in [6, 6.07) is 6.90. The number of aromatic nitrogens is 4. The van der Waals surface area contributed by atoms with Gasteiger partial charge in [0.1, 0.15) is 11.2 Å². The summed E-state index contributed by atoms with van der Waals surface area (Å²) < 4.78 is 10.6. The number of ether oxygens (including phenoxy) is 2. The van der Waals surface area contributed by atoms with E-state index in [-0.39, 0.29) is 18.2 Å². The number of rotatable bonds is 2. The van der Waals surface area contributed by atoms with Crippen LogP contribution in [0, 0.1) is 5.92 Å². The Labute approximate surface area is 257 Å². The molecule has 0 saturated carbocycles. The first kappa shape index (κ1) is 34.7. The Hall–Kier alpha value is -2.47. The summed E-state index contributed by atoms with van der Waals surface area (Å²) in [5.41, 5.74) is 5.72. The molecule has 228 valence electrons. The van der Waals surface area contributed by atoms with Crippen molar-refractivity contribution < 1.29 is 19.1 Å². The average molecular weight is 633 g/mol. The molecular weight excluding hydrogens is 593 g/mol. The van der Waals surface area contributed by atoms with E-state index in [0.29, 0.717) is 34.5 Å². The highest BCUT2D eigenvalue weighted by Gasteiger charge is 2.30. The van der Waals surface area contributed by atoms with Gasteiger partial charge in [0.15, 0.2) is 15.5 Å². The third-order valence-electron chi connectivity index (χ3n) is 5.60. The van der Waals surface area contributed by atoms with Gasteiger partial charge in [-0.2, -0.15) is 5.10 Å². The van der Waals surface area contributed by atoms with E-state index in [0.717, 1.165) is 38.0 Å². The molecule has 14 heteroatoms. The lowest BCUT2D eigenvalue weighted by molar-refractivity contribution is 0.0279. The summed E-state index contributed by atoms with van der Waals surface area (Å²) in [6.07, 6.45) is 2.16. The number of carbonyl (C=O) groups excluding carboxylic acids is 2. The van der Waals surface area contributed by atoms with Gasteiger partial charge in [-0.1, -0.05) is 34.8 Å². The molecule has 41 heavy (non-hydrogen) atoms. The van der Waals surface area contributed by atoms with Gasteiger partial charge in [0.05, 0.1) is 5.69 Å². The van der Waals surface area contributed by atoms with Crippen LogP contribution in [0.1, 0.15) is 60.1 Å². The van der Waals surface area contributed by atoms with Crippen LogP contribution < -0.4 is 5.73 Å². The zero-order valence-corrected chi connectivity index (χ0v) is 26.7. The Balaban J connectivity index is 0.000000239. The number of halogens is 3. The molecule has 0 spiro atoms. The first-order valence-corrected chi connectivity index (χ1v) is 14.5. The van der Waals surface area contributed by atoms with Crippen molar-refractivity contribution in [1.82, 2.24) is 30.2 Å². The summed E-state index contributed by atoms with van der Waals surface area (Å²) in [5.74, 6) is 0.401. The van der Waals surface area contributed by atoms with Crippen molar-refractivity contribution in [3.63, 3.8) is 0 Å². The molecule has 2 aliphatic heterocycles. The molecule has 0 unspecified atom stereocenters. The molecule has 4 heterocycles. The minimum Gasteiger partial charge on any atom is -0.444 e. The van der Waals surface area contributed by atoms with Crippen molar-refractivity contribution in [2.75, 3.05) is 26.2 Å². The van der Waals surface area contributed by atoms with Crippen LogP contribution in [-0.2, 0) is 15.9 Å². The molecule has 2 aromatic heterocycles. The van der Waals surface area contributed by atoms with Gasteiger partial charge in [0.25, 0.3) is 0 Å². The second-order valence-corrected chi connectivity index (χ2v) is 12.9. The number of amides is 2. The maximum absolute atomic E-state index is 12.0. The molecule has 2 amide bonds. The molecular formula is C27H40Cl3N7O4. The molecule has 2 aromatic rings. The highest BCUT2D eigenvalue weighted by Crippen LogP contribution is 2.22. The van der Waals surface area contributed by atoms with E-state index in [4.69, 9.17) is 50.0 Å². The number of carbonyl (C=O) groups is 2. The lowest BCUT2D eigenvalue weighted by Gasteiger charge is -2.24. The van der Waals surface area contributed by atoms with Crippen molar-refractivity contribution in [2.45, 2.75) is 78.0 Å². The third kappa shape index (κ3) is 14.3. The number of likely N-dealkylation sites (tertiary alicyclic amines) is 2. The van der Waals surface area contributed by atoms with Crippen molar-refractivity contribution >= 4 is 47.0 Å². The Kier molecular flexibility index (Phi) is 13.3. The van der Waals surface area contributed by atoms with E-state index in [2.05, 4.69) is 20.4 Å². The Morgan fingerprint density at radius 1 is 0.780 bits per heavy atom. The van der Waals surface area contributed by atoms with Gasteiger partial charge in [0, 0.05) is 32.2 Å². The van der Waals surface area contributed by atoms with Crippen LogP contribution in [0.4, 0.5) is 9.59 Å². The molecule has 2 N–H and O–H groups in total. The standard InChI is InChI=1S/C14H20ClN3O2.C9H18N2O2.C4H2Cl2N2/c1-14(2,3)20-13(19)18-7-6-10(9-18)8-11-4-5-12(15)17-16-11;1-9(2,3)13-8(12)11-5-4-7(10)6-11;5-3-1-2-4(6)8-7-3/h4-5,10H,6-9H2,1-3H3;7H,4-6,10H2,1-3H3;1-2H/t10-;7-;/m01./s1. The predicted molar refractivity (Wildman–Crippen MR) is 159 cm³/mol. The molecule has 2 atom stereocenters. The Morgan fingerprint density at radius 3 is 1.61 bits per heavy atom. The van der Waals surface area contributed by atoms with Crippen LogP contribution in [0.2, 0.25) is 15.5 Å². The average Bonchev–Trinajstić information content (AvgIpc) is 3.51. The van der Waals surface area contributed by atoms with Gasteiger partial charge in [-0.05, 0) is 91.0 Å². The number of hydrogen-bond acceptors (Lipinski definition) is 9. The van der Waals surface area contributed by atoms with Crippen LogP contribution in [0.25, 0.3) is 0 Å². The molecule has 0 bridgehead atoms. The van der Waals surface area contributed by atoms with E-state index in [9.17, 15) is 9.59 Å². The number of hydrogen-bond donors (Lipinski definition) is 1. The van der Waals surface area contributed by atoms with Crippen molar-refractivity contribution in [3.05, 3.63) is 45.4 Å². The maximum atomic E-state index is 12.0. The minimum absolute atomic E-state index is 0.118. The smallest absolute Gasteiger partial charge is 0.410 e. The van der Waals surface area contributed by atoms with Gasteiger partial charge in [-0.15, -0.1) is 15.3 Å². The van der Waals surface area contributed by atoms with Crippen molar-refractivity contribution in [3.8, 4) is 0 Å². The summed E-state index contributed by atoms with van der Waals surface area (Å²) in [7, 11) is 0. The van der Waals surface area contributed by atoms with Crippen molar-refractivity contribution in [2.24, 2.45) is 11.7 Å². The van der Waals surface area contributed by atoms with E-state index < -0.39 is 11.2 Å². The molecule has 2 aliphatic rings. The molecule has 0 aliphatic carbocycles. The highest BCUT2D eigenvalue weighted by atomic mass is 35.5. The Bertz CT molecular complexity index is 1090. The lowest BCUT2D eigenvalue weighted by atomic mass is 10.0. The largest absolute Gasteiger partial charge is 0.444 e. The van der Waals surface area contributed by atoms with Gasteiger partial charge in [-0.25, -0.2) is 9.59 Å². The van der Waals surface area contributed by atoms with Crippen LogP contribution in [0.3, 0.4) is 0 Å². The quantitative estimate of drug-likeness (QED) is 0.444. The van der Waals surface area contributed by atoms with Crippen LogP contribution >= 0.6 is 34.8 Å². The monoisotopic (exact) mass is 631 g/mol. The molecule has 2 saturated heterocycles. The number of nitrogens with two attached hydrogens (primary N) is 1. The van der Waals surface area contributed by atoms with Gasteiger partial charge < -0.3 is 25.0 Å². The molecule has 11 nitrogen and oxygen atoms in total. The molecule has 0 aromatic carbocycles. The van der Waals surface area contributed by atoms with E-state index in [1.807, 2.05) is 47.6 Å². The predicted octanol–water partition coefficient (Wildman–Crippen LogP) is 5.67. The first-order chi connectivity index (χ1) is 19.0. The lowest BCUT2D eigenvalue weighted by Crippen LogP contribution is -2.36. The summed E-state index contributed by atoms with van der Waals surface area (Å²) in [4.78, 5) is 26.8. The van der Waals surface area contributed by atoms with Gasteiger partial charge >= 0.3 is 12.2 Å². The summed E-state index contributed by atoms with van der Waals surface area (Å²) in [6.45, 7) is 14.0. The van der Waals surface area contributed by atoms with Crippen LogP contribution in [0.5, 0.6) is 0 Å². The second-order valence-electron chi connectivity index (χ2n) is 11.8. The molecule has 4 rings (SSSR count). The zero-order chi connectivity index (χ0) is 30.8. The van der Waals surface area contributed by atoms with Crippen LogP contribution in [-0.4, -0.2) is 85.8 Å². The number of nitrogens with zero attached hydrogens (tertiary/aromatic N) is 6. The second kappa shape index (κ2) is 15.7. The third-order valence-corrected chi connectivity index (χ3v) is 6.20.